The molecule has 7 heteroatoms. The smallest absolute Gasteiger partial charge is 0.325 e. The molecular weight excluding hydrogens is 416 g/mol. The molecule has 1 saturated heterocycles. The lowest BCUT2D eigenvalue weighted by atomic mass is 9.70. The van der Waals surface area contributed by atoms with Crippen molar-refractivity contribution >= 4 is 22.8 Å². The number of carbonyl (C=O) groups is 2. The maximum Gasteiger partial charge on any atom is 0.325 e. The summed E-state index contributed by atoms with van der Waals surface area (Å²) in [6, 6.07) is 17.5. The lowest BCUT2D eigenvalue weighted by Gasteiger charge is -2.47. The molecule has 3 atom stereocenters. The highest BCUT2D eigenvalue weighted by atomic mass is 16.5. The third kappa shape index (κ3) is 3.43. The molecule has 0 radical (unpaired) electrons. The molecule has 1 aromatic heterocycles. The zero-order valence-electron chi connectivity index (χ0n) is 19.1. The van der Waals surface area contributed by atoms with Crippen molar-refractivity contribution in [2.45, 2.75) is 37.3 Å². The maximum absolute atomic E-state index is 13.4. The first-order valence-electron chi connectivity index (χ1n) is 11.6. The monoisotopic (exact) mass is 446 g/mol. The van der Waals surface area contributed by atoms with Gasteiger partial charge in [0.2, 0.25) is 0 Å². The molecule has 5 rings (SSSR count). The number of rotatable bonds is 8. The molecule has 3 aromatic rings. The predicted molar refractivity (Wildman–Crippen MR) is 127 cm³/mol. The van der Waals surface area contributed by atoms with Crippen LogP contribution in [0.1, 0.15) is 48.5 Å². The molecule has 3 amide bonds. The van der Waals surface area contributed by atoms with E-state index in [2.05, 4.69) is 27.8 Å². The lowest BCUT2D eigenvalue weighted by Crippen LogP contribution is -2.56. The zero-order valence-corrected chi connectivity index (χ0v) is 19.1. The Bertz CT molecular complexity index is 1170. The molecule has 2 aliphatic heterocycles. The number of carbonyl (C=O) groups excluding carboxylic acids is 2. The normalized spacial score (nSPS) is 24.1. The van der Waals surface area contributed by atoms with Crippen LogP contribution in [0.4, 0.5) is 4.79 Å². The third-order valence-corrected chi connectivity index (χ3v) is 7.18. The number of aromatic amines is 1. The Labute approximate surface area is 193 Å². The highest BCUT2D eigenvalue weighted by Gasteiger charge is 2.61. The van der Waals surface area contributed by atoms with Gasteiger partial charge in [-0.05, 0) is 43.5 Å². The number of methoxy groups -OCH3 is 1. The number of imide groups is 1. The average Bonchev–Trinajstić information content (AvgIpc) is 3.31. The molecule has 0 bridgehead atoms. The lowest BCUT2D eigenvalue weighted by molar-refractivity contribution is -0.128. The Morgan fingerprint density at radius 2 is 1.82 bits per heavy atom. The van der Waals surface area contributed by atoms with Crippen molar-refractivity contribution < 1.29 is 14.3 Å². The van der Waals surface area contributed by atoms with Crippen molar-refractivity contribution in [3.63, 3.8) is 0 Å². The summed E-state index contributed by atoms with van der Waals surface area (Å²) in [6.07, 6.45) is 1.66. The van der Waals surface area contributed by atoms with Crippen molar-refractivity contribution in [1.82, 2.24) is 20.5 Å². The summed E-state index contributed by atoms with van der Waals surface area (Å²) in [5.74, 6) is -0.346. The van der Waals surface area contributed by atoms with Gasteiger partial charge in [-0.25, -0.2) is 4.79 Å². The van der Waals surface area contributed by atoms with Crippen LogP contribution in [-0.2, 0) is 9.53 Å². The topological polar surface area (TPSA) is 86.5 Å². The van der Waals surface area contributed by atoms with E-state index in [0.29, 0.717) is 6.61 Å². The number of benzene rings is 2. The van der Waals surface area contributed by atoms with Crippen LogP contribution in [0.2, 0.25) is 0 Å². The molecule has 1 fully saturated rings. The number of urea groups is 1. The number of nitrogens with zero attached hydrogens (tertiary/aromatic N) is 1. The standard InChI is InChI=1S/C26H30N4O3/c1-26-19(12-8-14-27-15-16-33-2)21-18-11-6-7-13-20(18)28-22(21)23(17-9-4-3-5-10-17)30(26)25(32)29-24(26)31/h3-7,9-11,13,19,23,27-28H,8,12,14-16H2,1-2H3,(H,29,31,32). The molecule has 0 saturated carbocycles. The van der Waals surface area contributed by atoms with Crippen LogP contribution < -0.4 is 10.6 Å². The summed E-state index contributed by atoms with van der Waals surface area (Å²) in [4.78, 5) is 31.9. The fraction of sp³-hybridized carbons (Fsp3) is 0.385. The van der Waals surface area contributed by atoms with Gasteiger partial charge in [-0.15, -0.1) is 0 Å². The van der Waals surface area contributed by atoms with Crippen LogP contribution in [0.3, 0.4) is 0 Å². The van der Waals surface area contributed by atoms with Gasteiger partial charge in [0.1, 0.15) is 11.6 Å². The molecule has 0 aliphatic carbocycles. The highest BCUT2D eigenvalue weighted by molar-refractivity contribution is 6.09. The molecule has 172 valence electrons. The van der Waals surface area contributed by atoms with Crippen LogP contribution in [0, 0.1) is 0 Å². The van der Waals surface area contributed by atoms with Gasteiger partial charge in [-0.1, -0.05) is 48.5 Å². The summed E-state index contributed by atoms with van der Waals surface area (Å²) in [7, 11) is 1.69. The first-order valence-corrected chi connectivity index (χ1v) is 11.6. The van der Waals surface area contributed by atoms with E-state index in [1.165, 1.54) is 0 Å². The number of nitrogens with one attached hydrogen (secondary N) is 3. The second kappa shape index (κ2) is 8.65. The molecular formula is C26H30N4O3. The van der Waals surface area contributed by atoms with Gasteiger partial charge in [0, 0.05) is 36.2 Å². The predicted octanol–water partition coefficient (Wildman–Crippen LogP) is 3.68. The molecule has 0 spiro atoms. The van der Waals surface area contributed by atoms with Crippen LogP contribution in [0.15, 0.2) is 54.6 Å². The van der Waals surface area contributed by atoms with E-state index in [1.54, 1.807) is 12.0 Å². The third-order valence-electron chi connectivity index (χ3n) is 7.18. The number of amides is 3. The first kappa shape index (κ1) is 21.7. The van der Waals surface area contributed by atoms with E-state index < -0.39 is 5.54 Å². The molecule has 2 aliphatic rings. The molecule has 33 heavy (non-hydrogen) atoms. The molecule has 7 nitrogen and oxygen atoms in total. The van der Waals surface area contributed by atoms with Crippen molar-refractivity contribution in [2.24, 2.45) is 0 Å². The van der Waals surface area contributed by atoms with Gasteiger partial charge in [0.15, 0.2) is 0 Å². The zero-order chi connectivity index (χ0) is 23.0. The van der Waals surface area contributed by atoms with Crippen molar-refractivity contribution in [3.05, 3.63) is 71.4 Å². The van der Waals surface area contributed by atoms with Gasteiger partial charge in [0.25, 0.3) is 5.91 Å². The SMILES string of the molecule is COCCNCCCC1c2c([nH]c3ccccc23)C(c2ccccc2)N2C(=O)NC(=O)C12C. The Hall–Kier alpha value is -3.16. The number of hydrogen-bond acceptors (Lipinski definition) is 4. The maximum atomic E-state index is 13.4. The Morgan fingerprint density at radius 3 is 2.61 bits per heavy atom. The molecule has 3 N–H and O–H groups in total. The van der Waals surface area contributed by atoms with E-state index >= 15 is 0 Å². The van der Waals surface area contributed by atoms with E-state index in [-0.39, 0.29) is 23.9 Å². The van der Waals surface area contributed by atoms with Gasteiger partial charge < -0.3 is 15.0 Å². The molecule has 3 unspecified atom stereocenters. The fourth-order valence-corrected chi connectivity index (χ4v) is 5.61. The van der Waals surface area contributed by atoms with E-state index in [9.17, 15) is 9.59 Å². The van der Waals surface area contributed by atoms with Gasteiger partial charge in [0.05, 0.1) is 6.61 Å². The van der Waals surface area contributed by atoms with Crippen LogP contribution in [-0.4, -0.2) is 54.2 Å². The fourth-order valence-electron chi connectivity index (χ4n) is 5.61. The minimum Gasteiger partial charge on any atom is -0.383 e. The Balaban J connectivity index is 1.63. The summed E-state index contributed by atoms with van der Waals surface area (Å²) in [5.41, 5.74) is 3.20. The van der Waals surface area contributed by atoms with Crippen LogP contribution in [0.5, 0.6) is 0 Å². The summed E-state index contributed by atoms with van der Waals surface area (Å²) in [6.45, 7) is 4.21. The number of H-pyrrole nitrogens is 1. The number of aromatic nitrogens is 1. The minimum absolute atomic E-state index is 0.126. The van der Waals surface area contributed by atoms with Crippen LogP contribution in [0.25, 0.3) is 10.9 Å². The second-order valence-corrected chi connectivity index (χ2v) is 9.03. The number of ether oxygens (including phenoxy) is 1. The second-order valence-electron chi connectivity index (χ2n) is 9.03. The van der Waals surface area contributed by atoms with Crippen molar-refractivity contribution in [1.29, 1.82) is 0 Å². The van der Waals surface area contributed by atoms with Crippen LogP contribution >= 0.6 is 0 Å². The summed E-state index contributed by atoms with van der Waals surface area (Å²) in [5, 5.41) is 7.14. The molecule has 2 aromatic carbocycles. The van der Waals surface area contributed by atoms with Gasteiger partial charge in [-0.3, -0.25) is 15.0 Å². The molecule has 3 heterocycles. The number of para-hydroxylation sites is 1. The Kier molecular flexibility index (Phi) is 5.68. The van der Waals surface area contributed by atoms with Crippen molar-refractivity contribution in [3.8, 4) is 0 Å². The van der Waals surface area contributed by atoms with Gasteiger partial charge >= 0.3 is 6.03 Å². The average molecular weight is 447 g/mol. The largest absolute Gasteiger partial charge is 0.383 e. The summed E-state index contributed by atoms with van der Waals surface area (Å²) < 4.78 is 5.11. The highest BCUT2D eigenvalue weighted by Crippen LogP contribution is 2.54. The van der Waals surface area contributed by atoms with Crippen molar-refractivity contribution in [2.75, 3.05) is 26.8 Å². The van der Waals surface area contributed by atoms with E-state index in [0.717, 1.165) is 53.7 Å². The number of fused-ring (bicyclic) bond motifs is 4. The summed E-state index contributed by atoms with van der Waals surface area (Å²) >= 11 is 0. The first-order chi connectivity index (χ1) is 16.1. The quantitative estimate of drug-likeness (QED) is 0.364. The Morgan fingerprint density at radius 1 is 1.06 bits per heavy atom. The van der Waals surface area contributed by atoms with E-state index in [4.69, 9.17) is 4.74 Å². The van der Waals surface area contributed by atoms with Gasteiger partial charge in [-0.2, -0.15) is 0 Å². The number of hydrogen-bond donors (Lipinski definition) is 3. The minimum atomic E-state index is -0.970. The van der Waals surface area contributed by atoms with E-state index in [1.807, 2.05) is 49.4 Å².